The van der Waals surface area contributed by atoms with Crippen LogP contribution in [0.15, 0.2) is 54.9 Å². The Bertz CT molecular complexity index is 1390. The largest absolute Gasteiger partial charge is 0.345 e. The zero-order chi connectivity index (χ0) is 25.3. The highest BCUT2D eigenvalue weighted by Crippen LogP contribution is 2.38. The van der Waals surface area contributed by atoms with Gasteiger partial charge in [-0.3, -0.25) is 14.5 Å². The van der Waals surface area contributed by atoms with Gasteiger partial charge in [-0.15, -0.1) is 0 Å². The lowest BCUT2D eigenvalue weighted by molar-refractivity contribution is -0.120. The molecule has 1 saturated heterocycles. The molecule has 0 unspecified atom stereocenters. The predicted octanol–water partition coefficient (Wildman–Crippen LogP) is 4.84. The number of halogens is 1. The normalized spacial score (nSPS) is 14.7. The van der Waals surface area contributed by atoms with E-state index >= 15 is 0 Å². The average molecular weight is 505 g/mol. The van der Waals surface area contributed by atoms with Gasteiger partial charge in [0, 0.05) is 35.3 Å². The third-order valence-corrected chi connectivity index (χ3v) is 6.45. The van der Waals surface area contributed by atoms with E-state index in [1.807, 2.05) is 13.0 Å². The van der Waals surface area contributed by atoms with Gasteiger partial charge in [-0.05, 0) is 74.4 Å². The highest BCUT2D eigenvalue weighted by molar-refractivity contribution is 7.81. The molecule has 0 atom stereocenters. The molecule has 35 heavy (non-hydrogen) atoms. The zero-order valence-electron chi connectivity index (χ0n) is 19.2. The van der Waals surface area contributed by atoms with Crippen molar-refractivity contribution in [2.75, 3.05) is 9.80 Å². The van der Waals surface area contributed by atoms with Crippen LogP contribution in [0.3, 0.4) is 0 Å². The van der Waals surface area contributed by atoms with Gasteiger partial charge >= 0.3 is 0 Å². The fraction of sp³-hybridized carbons (Fsp3) is 0.200. The minimum absolute atomic E-state index is 0.0719. The number of benzene rings is 2. The summed E-state index contributed by atoms with van der Waals surface area (Å²) >= 11 is 12.3. The molecule has 8 nitrogen and oxygen atoms in total. The summed E-state index contributed by atoms with van der Waals surface area (Å²) in [6, 6.07) is 12.1. The Morgan fingerprint density at radius 3 is 2.49 bits per heavy atom. The van der Waals surface area contributed by atoms with E-state index in [0.29, 0.717) is 32.8 Å². The van der Waals surface area contributed by atoms with Gasteiger partial charge in [-0.1, -0.05) is 23.7 Å². The molecule has 176 valence electrons. The number of aromatic nitrogens is 2. The Kier molecular flexibility index (Phi) is 6.52. The SMILES string of the molecule is [C-]#[N+]c1ccc(N2C(=O)C(C)(C)N(c3ccc(CNC(=O)c4ncccn4)c(Cl)c3)C2=S)cc1C. The van der Waals surface area contributed by atoms with E-state index in [1.165, 1.54) is 17.3 Å². The van der Waals surface area contributed by atoms with Crippen LogP contribution >= 0.6 is 23.8 Å². The van der Waals surface area contributed by atoms with Crippen molar-refractivity contribution in [2.24, 2.45) is 0 Å². The van der Waals surface area contributed by atoms with Gasteiger partial charge in [0.1, 0.15) is 5.54 Å². The summed E-state index contributed by atoms with van der Waals surface area (Å²) in [5.41, 5.74) is 2.27. The molecule has 0 radical (unpaired) electrons. The Hall–Kier alpha value is -3.87. The van der Waals surface area contributed by atoms with Gasteiger partial charge in [0.15, 0.2) is 10.8 Å². The lowest BCUT2D eigenvalue weighted by Crippen LogP contribution is -2.44. The van der Waals surface area contributed by atoms with Crippen LogP contribution < -0.4 is 15.1 Å². The van der Waals surface area contributed by atoms with E-state index in [-0.39, 0.29) is 18.3 Å². The lowest BCUT2D eigenvalue weighted by atomic mass is 10.0. The molecule has 1 N–H and O–H groups in total. The van der Waals surface area contributed by atoms with Crippen LogP contribution in [0.2, 0.25) is 5.02 Å². The first-order valence-electron chi connectivity index (χ1n) is 10.7. The van der Waals surface area contributed by atoms with Crippen LogP contribution in [-0.2, 0) is 11.3 Å². The van der Waals surface area contributed by atoms with Crippen molar-refractivity contribution in [1.29, 1.82) is 0 Å². The Labute approximate surface area is 213 Å². The van der Waals surface area contributed by atoms with E-state index in [2.05, 4.69) is 20.1 Å². The van der Waals surface area contributed by atoms with Crippen molar-refractivity contribution in [1.82, 2.24) is 15.3 Å². The Balaban J connectivity index is 1.58. The number of thiocarbonyl (C=S) groups is 1. The van der Waals surface area contributed by atoms with Gasteiger partial charge in [0.25, 0.3) is 11.8 Å². The number of hydrogen-bond donors (Lipinski definition) is 1. The molecule has 0 spiro atoms. The summed E-state index contributed by atoms with van der Waals surface area (Å²) in [6.45, 7) is 12.9. The highest BCUT2D eigenvalue weighted by Gasteiger charge is 2.50. The van der Waals surface area contributed by atoms with Gasteiger partial charge in [0.2, 0.25) is 5.82 Å². The molecular formula is C25H21ClN6O2S. The van der Waals surface area contributed by atoms with E-state index in [1.54, 1.807) is 55.1 Å². The molecule has 3 aromatic rings. The molecule has 1 aliphatic rings. The number of hydrogen-bond acceptors (Lipinski definition) is 5. The van der Waals surface area contributed by atoms with E-state index in [0.717, 1.165) is 5.56 Å². The van der Waals surface area contributed by atoms with Crippen molar-refractivity contribution in [3.8, 4) is 0 Å². The minimum Gasteiger partial charge on any atom is -0.345 e. The third kappa shape index (κ3) is 4.46. The van der Waals surface area contributed by atoms with Crippen LogP contribution in [0.1, 0.15) is 35.6 Å². The molecule has 10 heteroatoms. The lowest BCUT2D eigenvalue weighted by Gasteiger charge is -2.29. The highest BCUT2D eigenvalue weighted by atomic mass is 35.5. The molecule has 1 aromatic heterocycles. The fourth-order valence-corrected chi connectivity index (χ4v) is 4.61. The number of rotatable bonds is 5. The summed E-state index contributed by atoms with van der Waals surface area (Å²) in [4.78, 5) is 40.2. The van der Waals surface area contributed by atoms with Gasteiger partial charge in [-0.25, -0.2) is 14.8 Å². The molecule has 0 aliphatic carbocycles. The topological polar surface area (TPSA) is 82.8 Å². The van der Waals surface area contributed by atoms with Crippen molar-refractivity contribution >= 4 is 57.8 Å². The zero-order valence-corrected chi connectivity index (χ0v) is 20.8. The number of aryl methyl sites for hydroxylation is 1. The first kappa shape index (κ1) is 24.3. The van der Waals surface area contributed by atoms with E-state index < -0.39 is 11.4 Å². The second-order valence-electron chi connectivity index (χ2n) is 8.43. The summed E-state index contributed by atoms with van der Waals surface area (Å²) in [5.74, 6) is -0.524. The maximum atomic E-state index is 13.4. The molecule has 0 bridgehead atoms. The first-order valence-corrected chi connectivity index (χ1v) is 11.4. The van der Waals surface area contributed by atoms with Crippen LogP contribution in [0.5, 0.6) is 0 Å². The quantitative estimate of drug-likeness (QED) is 0.395. The molecule has 0 saturated carbocycles. The van der Waals surface area contributed by atoms with Gasteiger partial charge < -0.3 is 10.2 Å². The molecule has 1 fully saturated rings. The molecule has 4 rings (SSSR count). The van der Waals surface area contributed by atoms with Crippen molar-refractivity contribution < 1.29 is 9.59 Å². The van der Waals surface area contributed by atoms with Crippen molar-refractivity contribution in [3.63, 3.8) is 0 Å². The van der Waals surface area contributed by atoms with E-state index in [4.69, 9.17) is 30.4 Å². The number of nitrogens with one attached hydrogen (secondary N) is 1. The second-order valence-corrected chi connectivity index (χ2v) is 9.20. The van der Waals surface area contributed by atoms with Gasteiger partial charge in [0.05, 0.1) is 6.57 Å². The standard InChI is InChI=1S/C25H21ClN6O2S/c1-15-12-17(8-9-20(15)27-4)31-23(34)25(2,3)32(24(31)35)18-7-6-16(19(26)13-18)14-30-22(33)21-28-10-5-11-29-21/h5-13H,14H2,1-3H3,(H,30,33). The summed E-state index contributed by atoms with van der Waals surface area (Å²) in [7, 11) is 0. The molecule has 1 aliphatic heterocycles. The number of anilines is 2. The average Bonchev–Trinajstić information content (AvgIpc) is 3.01. The maximum absolute atomic E-state index is 13.4. The minimum atomic E-state index is -0.965. The molecule has 2 aromatic carbocycles. The van der Waals surface area contributed by atoms with Crippen LogP contribution in [0.4, 0.5) is 17.1 Å². The number of carbonyl (C=O) groups is 2. The summed E-state index contributed by atoms with van der Waals surface area (Å²) in [6.07, 6.45) is 2.99. The predicted molar refractivity (Wildman–Crippen MR) is 139 cm³/mol. The third-order valence-electron chi connectivity index (χ3n) is 5.73. The van der Waals surface area contributed by atoms with Crippen molar-refractivity contribution in [2.45, 2.75) is 32.9 Å². The Morgan fingerprint density at radius 1 is 1.17 bits per heavy atom. The fourth-order valence-electron chi connectivity index (χ4n) is 3.85. The van der Waals surface area contributed by atoms with Crippen LogP contribution in [-0.4, -0.2) is 32.4 Å². The smallest absolute Gasteiger partial charge is 0.289 e. The van der Waals surface area contributed by atoms with Crippen molar-refractivity contribution in [3.05, 3.63) is 88.2 Å². The Morgan fingerprint density at radius 2 is 1.86 bits per heavy atom. The maximum Gasteiger partial charge on any atom is 0.289 e. The molecular weight excluding hydrogens is 484 g/mol. The number of nitrogens with zero attached hydrogens (tertiary/aromatic N) is 5. The summed E-state index contributed by atoms with van der Waals surface area (Å²) < 4.78 is 0. The first-order chi connectivity index (χ1) is 16.6. The molecule has 2 heterocycles. The van der Waals surface area contributed by atoms with Gasteiger partial charge in [-0.2, -0.15) is 0 Å². The monoisotopic (exact) mass is 504 g/mol. The van der Waals surface area contributed by atoms with Crippen LogP contribution in [0.25, 0.3) is 4.85 Å². The summed E-state index contributed by atoms with van der Waals surface area (Å²) in [5, 5.41) is 3.48. The van der Waals surface area contributed by atoms with E-state index in [9.17, 15) is 9.59 Å². The number of carbonyl (C=O) groups excluding carboxylic acids is 2. The second kappa shape index (κ2) is 9.41. The number of amides is 2. The van der Waals surface area contributed by atoms with Crippen LogP contribution in [0, 0.1) is 13.5 Å². The molecule has 2 amide bonds.